The van der Waals surface area contributed by atoms with E-state index in [4.69, 9.17) is 18.9 Å². The van der Waals surface area contributed by atoms with Crippen molar-refractivity contribution in [3.63, 3.8) is 0 Å². The quantitative estimate of drug-likeness (QED) is 0.687. The van der Waals surface area contributed by atoms with Gasteiger partial charge in [-0.1, -0.05) is 24.3 Å². The van der Waals surface area contributed by atoms with E-state index in [1.54, 1.807) is 32.4 Å². The van der Waals surface area contributed by atoms with E-state index in [1.165, 1.54) is 0 Å². The van der Waals surface area contributed by atoms with Gasteiger partial charge in [-0.2, -0.15) is 0 Å². The first-order valence-electron chi connectivity index (χ1n) is 10.7. The summed E-state index contributed by atoms with van der Waals surface area (Å²) in [4.78, 5) is 29.4. The first-order valence-corrected chi connectivity index (χ1v) is 10.7. The molecular formula is C25H23NO6. The number of benzene rings is 2. The topological polar surface area (TPSA) is 74.3 Å². The molecule has 0 amide bonds. The Morgan fingerprint density at radius 1 is 1.09 bits per heavy atom. The highest BCUT2D eigenvalue weighted by atomic mass is 16.7. The molecule has 0 aliphatic carbocycles. The van der Waals surface area contributed by atoms with Gasteiger partial charge in [-0.25, -0.2) is 0 Å². The summed E-state index contributed by atoms with van der Waals surface area (Å²) in [6.07, 6.45) is 2.83. The molecule has 7 heteroatoms. The second-order valence-corrected chi connectivity index (χ2v) is 8.56. The Kier molecular flexibility index (Phi) is 4.38. The summed E-state index contributed by atoms with van der Waals surface area (Å²) in [6, 6.07) is 12.4. The summed E-state index contributed by atoms with van der Waals surface area (Å²) in [5.74, 6) is 0.218. The van der Waals surface area contributed by atoms with Crippen LogP contribution in [-0.2, 0) is 14.3 Å². The van der Waals surface area contributed by atoms with E-state index in [1.807, 2.05) is 36.5 Å². The summed E-state index contributed by atoms with van der Waals surface area (Å²) in [7, 11) is 3.10. The van der Waals surface area contributed by atoms with Crippen LogP contribution < -0.4 is 9.47 Å². The van der Waals surface area contributed by atoms with Gasteiger partial charge in [0, 0.05) is 17.7 Å². The van der Waals surface area contributed by atoms with E-state index < -0.39 is 12.3 Å². The minimum Gasteiger partial charge on any atom is -0.493 e. The first-order chi connectivity index (χ1) is 15.6. The van der Waals surface area contributed by atoms with E-state index in [2.05, 4.69) is 4.90 Å². The molecule has 3 saturated heterocycles. The number of hydrogen-bond donors (Lipinski definition) is 0. The molecule has 164 valence electrons. The minimum atomic E-state index is -0.837. The van der Waals surface area contributed by atoms with Crippen LogP contribution in [0.2, 0.25) is 0 Å². The zero-order valence-electron chi connectivity index (χ0n) is 17.8. The van der Waals surface area contributed by atoms with E-state index in [0.29, 0.717) is 23.7 Å². The van der Waals surface area contributed by atoms with Crippen molar-refractivity contribution >= 4 is 17.6 Å². The van der Waals surface area contributed by atoms with Crippen molar-refractivity contribution < 1.29 is 28.5 Å². The van der Waals surface area contributed by atoms with Gasteiger partial charge >= 0.3 is 0 Å². The summed E-state index contributed by atoms with van der Waals surface area (Å²) in [6.45, 7) is 0.319. The molecule has 0 aromatic heterocycles. The summed E-state index contributed by atoms with van der Waals surface area (Å²) >= 11 is 0. The Morgan fingerprint density at radius 3 is 2.72 bits per heavy atom. The molecule has 2 bridgehead atoms. The highest BCUT2D eigenvalue weighted by molar-refractivity contribution is 6.02. The predicted molar refractivity (Wildman–Crippen MR) is 114 cm³/mol. The number of ether oxygens (including phenoxy) is 4. The van der Waals surface area contributed by atoms with Crippen molar-refractivity contribution in [1.82, 2.24) is 4.90 Å². The maximum Gasteiger partial charge on any atom is 0.218 e. The predicted octanol–water partition coefficient (Wildman–Crippen LogP) is 2.85. The molecule has 0 unspecified atom stereocenters. The number of nitrogens with zero attached hydrogens (tertiary/aromatic N) is 1. The molecule has 4 heterocycles. The van der Waals surface area contributed by atoms with Crippen molar-refractivity contribution in [2.24, 2.45) is 11.8 Å². The lowest BCUT2D eigenvalue weighted by atomic mass is 9.75. The third-order valence-corrected chi connectivity index (χ3v) is 7.14. The number of ketones is 2. The van der Waals surface area contributed by atoms with E-state index >= 15 is 0 Å². The second-order valence-electron chi connectivity index (χ2n) is 8.56. The fourth-order valence-electron chi connectivity index (χ4n) is 5.78. The summed E-state index contributed by atoms with van der Waals surface area (Å²) in [5.41, 5.74) is 2.63. The van der Waals surface area contributed by atoms with Crippen LogP contribution in [0.4, 0.5) is 0 Å². The normalized spacial score (nSPS) is 31.7. The highest BCUT2D eigenvalue weighted by Gasteiger charge is 2.63. The van der Waals surface area contributed by atoms with E-state index in [9.17, 15) is 9.59 Å². The van der Waals surface area contributed by atoms with E-state index in [0.717, 1.165) is 11.1 Å². The van der Waals surface area contributed by atoms with Crippen LogP contribution in [0.1, 0.15) is 27.5 Å². The molecule has 32 heavy (non-hydrogen) atoms. The molecule has 2 aromatic rings. The molecule has 3 fully saturated rings. The lowest BCUT2D eigenvalue weighted by molar-refractivity contribution is -0.164. The largest absolute Gasteiger partial charge is 0.493 e. The molecule has 4 aliphatic rings. The van der Waals surface area contributed by atoms with Gasteiger partial charge in [0.2, 0.25) is 6.29 Å². The molecule has 7 nitrogen and oxygen atoms in total. The molecule has 2 aromatic carbocycles. The Hall–Kier alpha value is -3.16. The lowest BCUT2D eigenvalue weighted by Crippen LogP contribution is -2.48. The van der Waals surface area contributed by atoms with Crippen molar-refractivity contribution in [2.75, 3.05) is 20.8 Å². The maximum absolute atomic E-state index is 13.9. The highest BCUT2D eigenvalue weighted by Crippen LogP contribution is 2.54. The van der Waals surface area contributed by atoms with Gasteiger partial charge in [0.25, 0.3) is 0 Å². The van der Waals surface area contributed by atoms with E-state index in [-0.39, 0.29) is 35.5 Å². The SMILES string of the molecule is COc1ccc(C(=O)[C@H]2[C@@H]3[C@@H](C(=O)[C@@H]4OC[C@H]3O4)[C@@H]3c4ccccc4C=CN23)cc1OC. The zero-order valence-corrected chi connectivity index (χ0v) is 17.8. The van der Waals surface area contributed by atoms with Gasteiger partial charge in [0.15, 0.2) is 23.1 Å². The molecule has 6 atom stereocenters. The smallest absolute Gasteiger partial charge is 0.218 e. The number of methoxy groups -OCH3 is 2. The number of carbonyl (C=O) groups excluding carboxylic acids is 2. The van der Waals surface area contributed by atoms with Crippen LogP contribution in [0.15, 0.2) is 48.7 Å². The fourth-order valence-corrected chi connectivity index (χ4v) is 5.78. The van der Waals surface area contributed by atoms with Crippen molar-refractivity contribution in [1.29, 1.82) is 0 Å². The van der Waals surface area contributed by atoms with Crippen molar-refractivity contribution in [2.45, 2.75) is 24.5 Å². The Labute approximate surface area is 185 Å². The Balaban J connectivity index is 1.47. The number of hydrogen-bond acceptors (Lipinski definition) is 7. The Morgan fingerprint density at radius 2 is 1.91 bits per heavy atom. The molecular weight excluding hydrogens is 410 g/mol. The van der Waals surface area contributed by atoms with Crippen molar-refractivity contribution in [3.8, 4) is 11.5 Å². The van der Waals surface area contributed by atoms with Crippen LogP contribution in [0, 0.1) is 11.8 Å². The fraction of sp³-hybridized carbons (Fsp3) is 0.360. The minimum absolute atomic E-state index is 0.0748. The molecule has 0 spiro atoms. The van der Waals surface area contributed by atoms with Gasteiger partial charge in [-0.3, -0.25) is 9.59 Å². The van der Waals surface area contributed by atoms with Gasteiger partial charge < -0.3 is 23.8 Å². The van der Waals surface area contributed by atoms with Crippen molar-refractivity contribution in [3.05, 3.63) is 65.4 Å². The number of fused-ring (bicyclic) bond motifs is 8. The number of Topliss-reactive ketones (excluding diaryl/α,β-unsaturated/α-hetero) is 2. The summed E-state index contributed by atoms with van der Waals surface area (Å²) < 4.78 is 22.3. The third kappa shape index (κ3) is 2.61. The lowest BCUT2D eigenvalue weighted by Gasteiger charge is -2.34. The van der Waals surface area contributed by atoms with Gasteiger partial charge in [0.05, 0.1) is 44.9 Å². The first kappa shape index (κ1) is 19.5. The third-order valence-electron chi connectivity index (χ3n) is 7.14. The zero-order chi connectivity index (χ0) is 22.0. The number of carbonyl (C=O) groups is 2. The monoisotopic (exact) mass is 433 g/mol. The van der Waals surface area contributed by atoms with Crippen LogP contribution in [0.25, 0.3) is 6.08 Å². The molecule has 0 N–H and O–H groups in total. The molecule has 0 radical (unpaired) electrons. The summed E-state index contributed by atoms with van der Waals surface area (Å²) in [5, 5.41) is 0. The van der Waals surface area contributed by atoms with Crippen LogP contribution in [-0.4, -0.2) is 55.7 Å². The maximum atomic E-state index is 13.9. The van der Waals surface area contributed by atoms with Crippen LogP contribution >= 0.6 is 0 Å². The average Bonchev–Trinajstić information content (AvgIpc) is 3.43. The van der Waals surface area contributed by atoms with Gasteiger partial charge in [0.1, 0.15) is 0 Å². The Bertz CT molecular complexity index is 1140. The van der Waals surface area contributed by atoms with Gasteiger partial charge in [-0.15, -0.1) is 0 Å². The van der Waals surface area contributed by atoms with Gasteiger partial charge in [-0.05, 0) is 35.4 Å². The van der Waals surface area contributed by atoms with Crippen LogP contribution in [0.5, 0.6) is 11.5 Å². The molecule has 6 rings (SSSR count). The standard InChI is InChI=1S/C25H23NO6/c1-29-16-8-7-14(11-17(16)30-2)23(27)22-19-18-12-31-25(32-18)24(28)20(19)21-15-6-4-3-5-13(15)9-10-26(21)22/h3-11,18-22,25H,12H2,1-2H3/t18-,19+,20-,21+,22-,25-/m1/s1. The molecule has 4 aliphatic heterocycles. The molecule has 0 saturated carbocycles. The average molecular weight is 433 g/mol. The second kappa shape index (κ2) is 7.18. The number of rotatable bonds is 4. The van der Waals surface area contributed by atoms with Crippen LogP contribution in [0.3, 0.4) is 0 Å².